The van der Waals surface area contributed by atoms with E-state index in [4.69, 9.17) is 9.47 Å². The second-order valence-electron chi connectivity index (χ2n) is 11.5. The number of hydrogen-bond donors (Lipinski definition) is 2. The molecule has 0 radical (unpaired) electrons. The normalized spacial score (nSPS) is 9.40. The number of para-hydroxylation sites is 3. The smallest absolute Gasteiger partial charge is 0.153 e. The molecule has 286 valence electrons. The fourth-order valence-electron chi connectivity index (χ4n) is 5.09. The largest absolute Gasteiger partial charge is 0.507 e. The lowest BCUT2D eigenvalue weighted by Gasteiger charge is -2.10. The van der Waals surface area contributed by atoms with Gasteiger partial charge in [-0.3, -0.25) is 19.2 Å². The van der Waals surface area contributed by atoms with Gasteiger partial charge in [0.25, 0.3) is 0 Å². The van der Waals surface area contributed by atoms with E-state index in [1.165, 1.54) is 0 Å². The molecule has 0 amide bonds. The van der Waals surface area contributed by atoms with Crippen molar-refractivity contribution in [3.63, 3.8) is 0 Å². The highest BCUT2D eigenvalue weighted by Gasteiger charge is 2.09. The lowest BCUT2D eigenvalue weighted by atomic mass is 10.0. The summed E-state index contributed by atoms with van der Waals surface area (Å²) in [4.78, 5) is 42.6. The molecule has 0 unspecified atom stereocenters. The third-order valence-electron chi connectivity index (χ3n) is 7.58. The van der Waals surface area contributed by atoms with Crippen LogP contribution in [-0.2, 0) is 32.1 Å². The van der Waals surface area contributed by atoms with E-state index >= 15 is 0 Å². The molecule has 0 atom stereocenters. The molecule has 2 N–H and O–H groups in total. The van der Waals surface area contributed by atoms with Gasteiger partial charge in [0, 0.05) is 0 Å². The van der Waals surface area contributed by atoms with Gasteiger partial charge in [0.15, 0.2) is 25.1 Å². The molecule has 0 saturated heterocycles. The number of benzene rings is 4. The van der Waals surface area contributed by atoms with Crippen LogP contribution in [0.1, 0.15) is 69.2 Å². The molecule has 0 aliphatic carbocycles. The molecule has 0 heterocycles. The van der Waals surface area contributed by atoms with Crippen molar-refractivity contribution < 1.29 is 38.9 Å². The Kier molecular flexibility index (Phi) is 22.6. The minimum absolute atomic E-state index is 0.0534. The lowest BCUT2D eigenvalue weighted by molar-refractivity contribution is 0.111. The highest BCUT2D eigenvalue weighted by Crippen LogP contribution is 2.26. The van der Waals surface area contributed by atoms with Gasteiger partial charge in [0.05, 0.1) is 29.4 Å². The summed E-state index contributed by atoms with van der Waals surface area (Å²) in [6, 6.07) is 19.6. The molecule has 0 fully saturated rings. The van der Waals surface area contributed by atoms with Gasteiger partial charge in [-0.2, -0.15) is 0 Å². The summed E-state index contributed by atoms with van der Waals surface area (Å²) in [6.45, 7) is 22.1. The van der Waals surface area contributed by atoms with E-state index in [1.807, 2.05) is 30.3 Å². The Labute approximate surface area is 324 Å². The summed E-state index contributed by atoms with van der Waals surface area (Å²) in [7, 11) is 1.56. The summed E-state index contributed by atoms with van der Waals surface area (Å²) < 4.78 is 10.6. The maximum absolute atomic E-state index is 10.8. The molecule has 8 nitrogen and oxygen atoms in total. The summed E-state index contributed by atoms with van der Waals surface area (Å²) in [6.07, 6.45) is 16.5. The minimum Gasteiger partial charge on any atom is -0.507 e. The highest BCUT2D eigenvalue weighted by atomic mass is 16.5. The van der Waals surface area contributed by atoms with Crippen molar-refractivity contribution >= 4 is 25.1 Å². The molecule has 0 saturated carbocycles. The van der Waals surface area contributed by atoms with Crippen molar-refractivity contribution in [2.24, 2.45) is 0 Å². The van der Waals surface area contributed by atoms with Crippen LogP contribution in [0.25, 0.3) is 0 Å². The molecule has 0 aliphatic rings. The third kappa shape index (κ3) is 15.0. The van der Waals surface area contributed by atoms with Gasteiger partial charge in [0.2, 0.25) is 0 Å². The summed E-state index contributed by atoms with van der Waals surface area (Å²) in [5.41, 5.74) is 6.19. The molecule has 8 heteroatoms. The number of aromatic hydroxyl groups is 2. The van der Waals surface area contributed by atoms with Crippen molar-refractivity contribution in [2.75, 3.05) is 13.7 Å². The van der Waals surface area contributed by atoms with Gasteiger partial charge >= 0.3 is 0 Å². The molecule has 0 aliphatic heterocycles. The summed E-state index contributed by atoms with van der Waals surface area (Å²) in [5.74, 6) is 1.40. The number of rotatable bonds is 18. The molecule has 4 aromatic carbocycles. The van der Waals surface area contributed by atoms with Crippen LogP contribution in [0.15, 0.2) is 143 Å². The zero-order valence-corrected chi connectivity index (χ0v) is 31.5. The van der Waals surface area contributed by atoms with Crippen LogP contribution < -0.4 is 9.47 Å². The molecule has 0 spiro atoms. The predicted octanol–water partition coefficient (Wildman–Crippen LogP) is 9.62. The van der Waals surface area contributed by atoms with E-state index in [2.05, 4.69) is 39.5 Å². The molecule has 4 aromatic rings. The summed E-state index contributed by atoms with van der Waals surface area (Å²) >= 11 is 0. The van der Waals surface area contributed by atoms with Gasteiger partial charge in [0.1, 0.15) is 29.6 Å². The first-order valence-corrected chi connectivity index (χ1v) is 17.2. The van der Waals surface area contributed by atoms with Crippen LogP contribution in [0.4, 0.5) is 0 Å². The SMILES string of the molecule is C=CCOc1c(C=O)cccc1CC=C.C=CCc1cc(C=O)c(O)c(CC=C)c1.C=CCc1cccc(C=O)c1O.C=CCc1cccc(C=O)c1OC. The Morgan fingerprint density at radius 1 is 0.491 bits per heavy atom. The van der Waals surface area contributed by atoms with Gasteiger partial charge in [-0.15, -0.1) is 32.9 Å². The first-order chi connectivity index (χ1) is 26.7. The lowest BCUT2D eigenvalue weighted by Crippen LogP contribution is -2.00. The van der Waals surface area contributed by atoms with E-state index in [1.54, 1.807) is 80.0 Å². The van der Waals surface area contributed by atoms with E-state index in [9.17, 15) is 29.4 Å². The number of allylic oxidation sites excluding steroid dienone is 5. The van der Waals surface area contributed by atoms with Crippen molar-refractivity contribution in [3.05, 3.63) is 193 Å². The molecular weight excluding hydrogens is 693 g/mol. The third-order valence-corrected chi connectivity index (χ3v) is 7.58. The Morgan fingerprint density at radius 3 is 1.38 bits per heavy atom. The van der Waals surface area contributed by atoms with Crippen LogP contribution in [0.2, 0.25) is 0 Å². The quantitative estimate of drug-likeness (QED) is 0.0763. The first-order valence-electron chi connectivity index (χ1n) is 17.2. The Bertz CT molecular complexity index is 1940. The summed E-state index contributed by atoms with van der Waals surface area (Å²) in [5, 5.41) is 19.1. The number of phenols is 2. The van der Waals surface area contributed by atoms with Gasteiger partial charge in [-0.1, -0.05) is 85.5 Å². The van der Waals surface area contributed by atoms with E-state index in [0.29, 0.717) is 85.0 Å². The fraction of sp³-hybridized carbons (Fsp3) is 0.149. The Morgan fingerprint density at radius 2 is 0.909 bits per heavy atom. The Balaban J connectivity index is 0.000000368. The minimum atomic E-state index is 0.0534. The van der Waals surface area contributed by atoms with E-state index < -0.39 is 0 Å². The van der Waals surface area contributed by atoms with Crippen molar-refractivity contribution in [1.82, 2.24) is 0 Å². The number of carbonyl (C=O) groups excluding carboxylic acids is 4. The maximum atomic E-state index is 10.8. The average Bonchev–Trinajstić information content (AvgIpc) is 3.20. The van der Waals surface area contributed by atoms with Crippen molar-refractivity contribution in [1.29, 1.82) is 0 Å². The molecule has 55 heavy (non-hydrogen) atoms. The zero-order chi connectivity index (χ0) is 41.0. The maximum Gasteiger partial charge on any atom is 0.153 e. The standard InChI is InChI=1S/2C13H14O2.C11H12O2.C10H10O2/c1-3-6-11-7-5-8-12(10-14)13(11)15-9-4-2;1-3-5-10-7-11(6-4-2)13(15)12(8-10)9-14;1-3-5-9-6-4-7-10(8-12)11(9)13-2;1-2-4-8-5-3-6-9(7-11)10(8)12/h3-5,7-8,10H,1-2,6,9H2;3-4,7-9,15H,1-2,5-6H2;3-4,6-8H,1,5H2,2H3;2-3,5-7,12H,1,4H2. The number of ether oxygens (including phenoxy) is 2. The van der Waals surface area contributed by atoms with Crippen LogP contribution in [-0.4, -0.2) is 49.1 Å². The highest BCUT2D eigenvalue weighted by molar-refractivity contribution is 5.82. The van der Waals surface area contributed by atoms with E-state index in [0.717, 1.165) is 40.4 Å². The van der Waals surface area contributed by atoms with Crippen molar-refractivity contribution in [2.45, 2.75) is 32.1 Å². The number of phenolic OH excluding ortho intramolecular Hbond substituents is 2. The van der Waals surface area contributed by atoms with Gasteiger partial charge < -0.3 is 19.7 Å². The topological polar surface area (TPSA) is 127 Å². The number of carbonyl (C=O) groups is 4. The van der Waals surface area contributed by atoms with Crippen molar-refractivity contribution in [3.8, 4) is 23.0 Å². The first kappa shape index (κ1) is 46.2. The van der Waals surface area contributed by atoms with Crippen LogP contribution in [0.3, 0.4) is 0 Å². The monoisotopic (exact) mass is 742 g/mol. The predicted molar refractivity (Wildman–Crippen MR) is 222 cm³/mol. The van der Waals surface area contributed by atoms with Crippen LogP contribution >= 0.6 is 0 Å². The van der Waals surface area contributed by atoms with Crippen LogP contribution in [0, 0.1) is 0 Å². The molecule has 4 rings (SSSR count). The van der Waals surface area contributed by atoms with Crippen LogP contribution in [0.5, 0.6) is 23.0 Å². The molecule has 0 bridgehead atoms. The zero-order valence-electron chi connectivity index (χ0n) is 31.5. The van der Waals surface area contributed by atoms with Gasteiger partial charge in [-0.05, 0) is 84.2 Å². The van der Waals surface area contributed by atoms with E-state index in [-0.39, 0.29) is 11.5 Å². The average molecular weight is 743 g/mol. The number of methoxy groups -OCH3 is 1. The molecule has 0 aromatic heterocycles. The molecular formula is C47H50O8. The fourth-order valence-corrected chi connectivity index (χ4v) is 5.09. The second-order valence-corrected chi connectivity index (χ2v) is 11.5. The second kappa shape index (κ2) is 26.9. The number of hydrogen-bond acceptors (Lipinski definition) is 8. The van der Waals surface area contributed by atoms with Gasteiger partial charge in [-0.25, -0.2) is 0 Å². The Hall–Kier alpha value is -6.80. The number of aldehydes is 4.